The molecule has 0 spiro atoms. The number of hydrogen-bond donors (Lipinski definition) is 1. The molecule has 2 N–H and O–H groups in total. The number of rotatable bonds is 5. The quantitative estimate of drug-likeness (QED) is 0.887. The molecule has 0 aromatic heterocycles. The lowest BCUT2D eigenvalue weighted by molar-refractivity contribution is 0.444. The second kappa shape index (κ2) is 5.82. The largest absolute Gasteiger partial charge is 0.326 e. The lowest BCUT2D eigenvalue weighted by Crippen LogP contribution is -2.31. The molecule has 0 unspecified atom stereocenters. The Morgan fingerprint density at radius 3 is 2.17 bits per heavy atom. The minimum absolute atomic E-state index is 0.349. The van der Waals surface area contributed by atoms with E-state index >= 15 is 0 Å². The van der Waals surface area contributed by atoms with E-state index in [4.69, 9.17) is 5.73 Å². The maximum Gasteiger partial charge on any atom is 0.243 e. The predicted octanol–water partition coefficient (Wildman–Crippen LogP) is 1.79. The molecule has 18 heavy (non-hydrogen) atoms. The summed E-state index contributed by atoms with van der Waals surface area (Å²) < 4.78 is 26.5. The lowest BCUT2D eigenvalue weighted by Gasteiger charge is -2.21. The van der Waals surface area contributed by atoms with Crippen molar-refractivity contribution < 1.29 is 8.42 Å². The normalized spacial score (nSPS) is 12.1. The molecule has 0 heterocycles. The number of hydrogen-bond acceptors (Lipinski definition) is 3. The fourth-order valence-corrected chi connectivity index (χ4v) is 3.79. The van der Waals surface area contributed by atoms with Crippen molar-refractivity contribution in [2.75, 3.05) is 13.1 Å². The molecule has 0 saturated carbocycles. The first kappa shape index (κ1) is 15.1. The van der Waals surface area contributed by atoms with Crippen molar-refractivity contribution in [3.8, 4) is 0 Å². The van der Waals surface area contributed by atoms with Crippen molar-refractivity contribution in [2.24, 2.45) is 5.73 Å². The Bertz CT molecular complexity index is 520. The van der Waals surface area contributed by atoms with E-state index in [1.165, 1.54) is 4.31 Å². The molecule has 1 rings (SSSR count). The van der Waals surface area contributed by atoms with Crippen LogP contribution in [0.15, 0.2) is 17.0 Å². The molecule has 0 bridgehead atoms. The van der Waals surface area contributed by atoms with Crippen LogP contribution >= 0.6 is 0 Å². The number of nitrogens with zero attached hydrogens (tertiary/aromatic N) is 1. The highest BCUT2D eigenvalue weighted by Crippen LogP contribution is 2.24. The first-order valence-corrected chi connectivity index (χ1v) is 7.62. The van der Waals surface area contributed by atoms with E-state index in [1.807, 2.05) is 33.8 Å². The van der Waals surface area contributed by atoms with Crippen LogP contribution in [0.25, 0.3) is 0 Å². The zero-order valence-corrected chi connectivity index (χ0v) is 12.3. The SMILES string of the molecule is CCN(CC)S(=O)(=O)c1cc(CN)cc(C)c1C. The van der Waals surface area contributed by atoms with Crippen LogP contribution in [0.5, 0.6) is 0 Å². The van der Waals surface area contributed by atoms with Gasteiger partial charge in [-0.25, -0.2) is 8.42 Å². The maximum absolute atomic E-state index is 12.5. The fourth-order valence-electron chi connectivity index (χ4n) is 1.99. The van der Waals surface area contributed by atoms with Crippen LogP contribution in [-0.2, 0) is 16.6 Å². The zero-order valence-electron chi connectivity index (χ0n) is 11.5. The summed E-state index contributed by atoms with van der Waals surface area (Å²) in [6, 6.07) is 3.63. The standard InChI is InChI=1S/C13H22N2O2S/c1-5-15(6-2)18(16,17)13-8-12(9-14)7-10(3)11(13)4/h7-8H,5-6,9,14H2,1-4H3. The Kier molecular flexibility index (Phi) is 4.90. The van der Waals surface area contributed by atoms with Crippen LogP contribution in [0.2, 0.25) is 0 Å². The third-order valence-corrected chi connectivity index (χ3v) is 5.41. The minimum Gasteiger partial charge on any atom is -0.326 e. The Morgan fingerprint density at radius 1 is 1.17 bits per heavy atom. The van der Waals surface area contributed by atoms with E-state index in [9.17, 15) is 8.42 Å². The maximum atomic E-state index is 12.5. The zero-order chi connectivity index (χ0) is 13.9. The first-order chi connectivity index (χ1) is 8.38. The van der Waals surface area contributed by atoms with E-state index in [0.717, 1.165) is 16.7 Å². The summed E-state index contributed by atoms with van der Waals surface area (Å²) >= 11 is 0. The van der Waals surface area contributed by atoms with Gasteiger partial charge in [-0.1, -0.05) is 19.9 Å². The third-order valence-electron chi connectivity index (χ3n) is 3.24. The van der Waals surface area contributed by atoms with Gasteiger partial charge in [0, 0.05) is 19.6 Å². The summed E-state index contributed by atoms with van der Waals surface area (Å²) in [5.41, 5.74) is 8.23. The van der Waals surface area contributed by atoms with E-state index in [-0.39, 0.29) is 0 Å². The fraction of sp³-hybridized carbons (Fsp3) is 0.538. The molecule has 0 amide bonds. The van der Waals surface area contributed by atoms with E-state index in [0.29, 0.717) is 24.5 Å². The number of benzene rings is 1. The molecule has 102 valence electrons. The molecule has 0 saturated heterocycles. The molecule has 1 aromatic rings. The topological polar surface area (TPSA) is 63.4 Å². The van der Waals surface area contributed by atoms with E-state index < -0.39 is 10.0 Å². The summed E-state index contributed by atoms with van der Waals surface area (Å²) in [5.74, 6) is 0. The molecule has 0 aliphatic carbocycles. The van der Waals surface area contributed by atoms with Gasteiger partial charge in [-0.15, -0.1) is 0 Å². The molecule has 4 nitrogen and oxygen atoms in total. The molecule has 1 aromatic carbocycles. The Balaban J connectivity index is 3.45. The number of nitrogens with two attached hydrogens (primary N) is 1. The van der Waals surface area contributed by atoms with Crippen LogP contribution in [0, 0.1) is 13.8 Å². The van der Waals surface area contributed by atoms with Gasteiger partial charge >= 0.3 is 0 Å². The van der Waals surface area contributed by atoms with Gasteiger partial charge in [-0.2, -0.15) is 4.31 Å². The van der Waals surface area contributed by atoms with Gasteiger partial charge in [-0.3, -0.25) is 0 Å². The second-order valence-electron chi connectivity index (χ2n) is 4.33. The summed E-state index contributed by atoms with van der Waals surface area (Å²) in [7, 11) is -3.41. The van der Waals surface area contributed by atoms with E-state index in [1.54, 1.807) is 6.07 Å². The van der Waals surface area contributed by atoms with E-state index in [2.05, 4.69) is 0 Å². The van der Waals surface area contributed by atoms with Gasteiger partial charge in [-0.05, 0) is 36.6 Å². The van der Waals surface area contributed by atoms with Crippen molar-refractivity contribution in [1.29, 1.82) is 0 Å². The van der Waals surface area contributed by atoms with Gasteiger partial charge in [0.2, 0.25) is 10.0 Å². The lowest BCUT2D eigenvalue weighted by atomic mass is 10.1. The average molecular weight is 270 g/mol. The molecule has 0 fully saturated rings. The smallest absolute Gasteiger partial charge is 0.243 e. The van der Waals surface area contributed by atoms with Crippen molar-refractivity contribution in [3.05, 3.63) is 28.8 Å². The Hall–Kier alpha value is -0.910. The van der Waals surface area contributed by atoms with Crippen LogP contribution in [-0.4, -0.2) is 25.8 Å². The molecule has 0 atom stereocenters. The van der Waals surface area contributed by atoms with Crippen molar-refractivity contribution in [3.63, 3.8) is 0 Å². The van der Waals surface area contributed by atoms with Gasteiger partial charge in [0.1, 0.15) is 0 Å². The molecule has 0 aliphatic heterocycles. The summed E-state index contributed by atoms with van der Waals surface area (Å²) in [6.07, 6.45) is 0. The summed E-state index contributed by atoms with van der Waals surface area (Å²) in [4.78, 5) is 0.381. The molecule has 0 radical (unpaired) electrons. The Morgan fingerprint density at radius 2 is 1.72 bits per heavy atom. The van der Waals surface area contributed by atoms with Gasteiger partial charge in [0.15, 0.2) is 0 Å². The summed E-state index contributed by atoms with van der Waals surface area (Å²) in [6.45, 7) is 8.74. The monoisotopic (exact) mass is 270 g/mol. The Labute approximate surface area is 110 Å². The van der Waals surface area contributed by atoms with Crippen LogP contribution < -0.4 is 5.73 Å². The second-order valence-corrected chi connectivity index (χ2v) is 6.24. The van der Waals surface area contributed by atoms with Crippen molar-refractivity contribution in [1.82, 2.24) is 4.31 Å². The van der Waals surface area contributed by atoms with Gasteiger partial charge in [0.05, 0.1) is 4.90 Å². The van der Waals surface area contributed by atoms with Gasteiger partial charge in [0.25, 0.3) is 0 Å². The third kappa shape index (κ3) is 2.74. The number of aryl methyl sites for hydroxylation is 1. The highest BCUT2D eigenvalue weighted by atomic mass is 32.2. The minimum atomic E-state index is -3.41. The molecule has 5 heteroatoms. The highest BCUT2D eigenvalue weighted by molar-refractivity contribution is 7.89. The highest BCUT2D eigenvalue weighted by Gasteiger charge is 2.24. The first-order valence-electron chi connectivity index (χ1n) is 6.18. The predicted molar refractivity (Wildman–Crippen MR) is 73.9 cm³/mol. The van der Waals surface area contributed by atoms with Crippen molar-refractivity contribution in [2.45, 2.75) is 39.1 Å². The average Bonchev–Trinajstić information content (AvgIpc) is 2.33. The molecular formula is C13H22N2O2S. The molecular weight excluding hydrogens is 248 g/mol. The van der Waals surface area contributed by atoms with Crippen molar-refractivity contribution >= 4 is 10.0 Å². The van der Waals surface area contributed by atoms with Crippen LogP contribution in [0.4, 0.5) is 0 Å². The molecule has 0 aliphatic rings. The summed E-state index contributed by atoms with van der Waals surface area (Å²) in [5, 5.41) is 0. The van der Waals surface area contributed by atoms with Crippen LogP contribution in [0.3, 0.4) is 0 Å². The van der Waals surface area contributed by atoms with Crippen LogP contribution in [0.1, 0.15) is 30.5 Å². The van der Waals surface area contributed by atoms with Gasteiger partial charge < -0.3 is 5.73 Å². The number of sulfonamides is 1.